The molecule has 0 saturated carbocycles. The largest absolute Gasteiger partial charge is 0 e. The SMILES string of the molecule is [Cr].[Cu].[Sn].[W]. The Morgan fingerprint density at radius 3 is 1.00 bits per heavy atom. The quantitative estimate of drug-likeness (QED) is 0.471. The molecule has 0 N–H and O–H groups in total. The van der Waals surface area contributed by atoms with Crippen molar-refractivity contribution in [3.05, 3.63) is 0 Å². The summed E-state index contributed by atoms with van der Waals surface area (Å²) in [5, 5.41) is 0. The minimum absolute atomic E-state index is 0. The second-order valence-corrected chi connectivity index (χ2v) is 0. The first-order valence-corrected chi connectivity index (χ1v) is 0. The molecule has 0 aromatic carbocycles. The maximum Gasteiger partial charge on any atom is 0 e. The molecule has 0 spiro atoms. The summed E-state index contributed by atoms with van der Waals surface area (Å²) in [6.07, 6.45) is 0. The van der Waals surface area contributed by atoms with Crippen molar-refractivity contribution >= 4 is 23.9 Å². The van der Waals surface area contributed by atoms with E-state index in [1.165, 1.54) is 0 Å². The Labute approximate surface area is 78.3 Å². The number of hydrogen-bond acceptors (Lipinski definition) is 0. The van der Waals surface area contributed by atoms with Gasteiger partial charge in [-0.1, -0.05) is 0 Å². The van der Waals surface area contributed by atoms with Gasteiger partial charge in [-0.15, -0.1) is 0 Å². The van der Waals surface area contributed by atoms with Crippen LogP contribution in [0, 0.1) is 0 Å². The second kappa shape index (κ2) is 17.7. The van der Waals surface area contributed by atoms with E-state index >= 15 is 0 Å². The van der Waals surface area contributed by atoms with Gasteiger partial charge in [-0.25, -0.2) is 0 Å². The van der Waals surface area contributed by atoms with Crippen LogP contribution in [-0.4, -0.2) is 23.9 Å². The maximum atomic E-state index is 0. The van der Waals surface area contributed by atoms with Crippen molar-refractivity contribution in [2.24, 2.45) is 0 Å². The van der Waals surface area contributed by atoms with Gasteiger partial charge in [0.15, 0.2) is 0 Å². The zero-order valence-corrected chi connectivity index (χ0v) is 9.62. The smallest absolute Gasteiger partial charge is 0 e. The van der Waals surface area contributed by atoms with E-state index in [4.69, 9.17) is 0 Å². The van der Waals surface area contributed by atoms with Gasteiger partial charge in [0.2, 0.25) is 0 Å². The fourth-order valence-electron chi connectivity index (χ4n) is 0. The van der Waals surface area contributed by atoms with E-state index in [0.717, 1.165) is 0 Å². The van der Waals surface area contributed by atoms with Crippen LogP contribution < -0.4 is 0 Å². The number of rotatable bonds is 0. The zero-order valence-electron chi connectivity index (χ0n) is 1.62. The van der Waals surface area contributed by atoms with Crippen molar-refractivity contribution in [1.82, 2.24) is 0 Å². The fraction of sp³-hybridized carbons (Fsp3) is 0. The molecule has 0 rings (SSSR count). The summed E-state index contributed by atoms with van der Waals surface area (Å²) < 4.78 is 0. The Morgan fingerprint density at radius 1 is 1.00 bits per heavy atom. The van der Waals surface area contributed by atoms with E-state index in [2.05, 4.69) is 0 Å². The van der Waals surface area contributed by atoms with Crippen LogP contribution in [0.1, 0.15) is 0 Å². The molecule has 4 heavy (non-hydrogen) atoms. The molecule has 0 nitrogen and oxygen atoms in total. The summed E-state index contributed by atoms with van der Waals surface area (Å²) in [5.41, 5.74) is 0. The molecule has 0 aliphatic heterocycles. The predicted octanol–water partition coefficient (Wildman–Crippen LogP) is -0.388. The molecule has 0 saturated heterocycles. The first-order chi connectivity index (χ1) is 0. The van der Waals surface area contributed by atoms with Crippen LogP contribution in [0.3, 0.4) is 0 Å². The van der Waals surface area contributed by atoms with Crippen molar-refractivity contribution in [1.29, 1.82) is 0 Å². The van der Waals surface area contributed by atoms with Gasteiger partial charge in [0, 0.05) is 79.4 Å². The Hall–Kier alpha value is 2.54. The standard InChI is InChI=1S/Cr.Cu.Sn.W. The van der Waals surface area contributed by atoms with Gasteiger partial charge in [0.25, 0.3) is 0 Å². The monoisotopic (exact) mass is 419 g/mol. The Bertz CT molecular complexity index is 8.00. The molecular formula is CrCuSnW. The van der Waals surface area contributed by atoms with Crippen LogP contribution in [0.4, 0.5) is 0 Å². The summed E-state index contributed by atoms with van der Waals surface area (Å²) in [4.78, 5) is 0. The summed E-state index contributed by atoms with van der Waals surface area (Å²) in [7, 11) is 0. The molecular weight excluding hydrogens is 418 g/mol. The summed E-state index contributed by atoms with van der Waals surface area (Å²) in [5.74, 6) is 0. The normalized spacial score (nSPS) is 0. The third-order valence-corrected chi connectivity index (χ3v) is 0. The molecule has 0 heterocycles. The molecule has 0 fully saturated rings. The van der Waals surface area contributed by atoms with Crippen molar-refractivity contribution in [3.8, 4) is 0 Å². The van der Waals surface area contributed by atoms with Crippen LogP contribution >= 0.6 is 0 Å². The zero-order chi connectivity index (χ0) is 0. The third-order valence-electron chi connectivity index (χ3n) is 0. The van der Waals surface area contributed by atoms with E-state index in [-0.39, 0.29) is 79.4 Å². The van der Waals surface area contributed by atoms with Gasteiger partial charge in [-0.05, 0) is 0 Å². The minimum atomic E-state index is 0. The van der Waals surface area contributed by atoms with E-state index in [0.29, 0.717) is 0 Å². The first kappa shape index (κ1) is 31.1. The molecule has 0 aliphatic rings. The summed E-state index contributed by atoms with van der Waals surface area (Å²) in [6, 6.07) is 0. The maximum absolute atomic E-state index is 0. The van der Waals surface area contributed by atoms with E-state index < -0.39 is 0 Å². The van der Waals surface area contributed by atoms with E-state index in [1.807, 2.05) is 0 Å². The molecule has 27 valence electrons. The van der Waals surface area contributed by atoms with Gasteiger partial charge in [-0.2, -0.15) is 0 Å². The van der Waals surface area contributed by atoms with E-state index in [1.54, 1.807) is 0 Å². The van der Waals surface area contributed by atoms with Crippen LogP contribution in [0.15, 0.2) is 0 Å². The third kappa shape index (κ3) is 8.82. The predicted molar refractivity (Wildman–Crippen MR) is 5.75 cm³/mol. The Kier molecular flexibility index (Phi) is 138. The number of hydrogen-bond donors (Lipinski definition) is 0. The van der Waals surface area contributed by atoms with Crippen LogP contribution in [0.25, 0.3) is 0 Å². The van der Waals surface area contributed by atoms with Crippen molar-refractivity contribution in [3.63, 3.8) is 0 Å². The van der Waals surface area contributed by atoms with Gasteiger partial charge in [0.1, 0.15) is 0 Å². The molecule has 0 aromatic rings. The average Bonchev–Trinajstić information content (AvgIpc) is 0. The van der Waals surface area contributed by atoms with Crippen molar-refractivity contribution in [2.45, 2.75) is 0 Å². The molecule has 0 aliphatic carbocycles. The van der Waals surface area contributed by atoms with Gasteiger partial charge in [-0.3, -0.25) is 0 Å². The van der Waals surface area contributed by atoms with Crippen LogP contribution in [0.5, 0.6) is 0 Å². The molecule has 0 unspecified atom stereocenters. The van der Waals surface area contributed by atoms with Crippen LogP contribution in [0.2, 0.25) is 0 Å². The second-order valence-electron chi connectivity index (χ2n) is 0. The molecule has 4 heteroatoms. The summed E-state index contributed by atoms with van der Waals surface area (Å²) >= 11 is 0. The van der Waals surface area contributed by atoms with Gasteiger partial charge < -0.3 is 0 Å². The van der Waals surface area contributed by atoms with Gasteiger partial charge >= 0.3 is 0 Å². The fourth-order valence-corrected chi connectivity index (χ4v) is 0. The topological polar surface area (TPSA) is 0 Å². The Balaban J connectivity index is 0. The molecule has 0 amide bonds. The average molecular weight is 418 g/mol. The van der Waals surface area contributed by atoms with Crippen molar-refractivity contribution < 1.29 is 55.5 Å². The van der Waals surface area contributed by atoms with E-state index in [9.17, 15) is 0 Å². The molecule has 5 radical (unpaired) electrons. The van der Waals surface area contributed by atoms with Crippen molar-refractivity contribution in [2.75, 3.05) is 0 Å². The molecule has 0 atom stereocenters. The molecule has 0 bridgehead atoms. The Morgan fingerprint density at radius 2 is 1.00 bits per heavy atom. The summed E-state index contributed by atoms with van der Waals surface area (Å²) in [6.45, 7) is 0. The van der Waals surface area contributed by atoms with Crippen LogP contribution in [-0.2, 0) is 55.5 Å². The minimum Gasteiger partial charge on any atom is 0 e. The van der Waals surface area contributed by atoms with Gasteiger partial charge in [0.05, 0.1) is 0 Å². The molecule has 0 aromatic heterocycles. The first-order valence-electron chi connectivity index (χ1n) is 0.